The number of benzene rings is 1. The summed E-state index contributed by atoms with van der Waals surface area (Å²) in [6.45, 7) is 5.95. The van der Waals surface area contributed by atoms with E-state index in [0.717, 1.165) is 22.4 Å². The Bertz CT molecular complexity index is 1030. The molecule has 2 aromatic heterocycles. The van der Waals surface area contributed by atoms with E-state index in [1.54, 1.807) is 6.20 Å². The van der Waals surface area contributed by atoms with Crippen LogP contribution >= 0.6 is 11.8 Å². The van der Waals surface area contributed by atoms with Gasteiger partial charge >= 0.3 is 0 Å². The van der Waals surface area contributed by atoms with E-state index in [9.17, 15) is 9.59 Å². The van der Waals surface area contributed by atoms with E-state index in [-0.39, 0.29) is 11.5 Å². The van der Waals surface area contributed by atoms with Gasteiger partial charge in [0, 0.05) is 23.7 Å². The molecular weight excluding hydrogens is 346 g/mol. The number of pyridine rings is 1. The number of aryl methyl sites for hydroxylation is 2. The second-order valence-corrected chi connectivity index (χ2v) is 7.29. The topological polar surface area (TPSA) is 63.5 Å². The molecule has 0 saturated carbocycles. The van der Waals surface area contributed by atoms with Crippen LogP contribution in [0.2, 0.25) is 0 Å². The summed E-state index contributed by atoms with van der Waals surface area (Å²) >= 11 is 1.44. The molecule has 0 aliphatic carbocycles. The van der Waals surface area contributed by atoms with Gasteiger partial charge in [0.25, 0.3) is 5.56 Å². The molecule has 6 heteroatoms. The molecule has 1 amide bonds. The summed E-state index contributed by atoms with van der Waals surface area (Å²) in [4.78, 5) is 28.9. The molecule has 1 aromatic carbocycles. The van der Waals surface area contributed by atoms with E-state index in [1.807, 2.05) is 51.1 Å². The molecule has 3 aromatic rings. The lowest BCUT2D eigenvalue weighted by Crippen LogP contribution is -2.17. The van der Waals surface area contributed by atoms with Crippen LogP contribution in [0.5, 0.6) is 0 Å². The van der Waals surface area contributed by atoms with Crippen molar-refractivity contribution >= 4 is 29.0 Å². The first-order chi connectivity index (χ1) is 12.4. The van der Waals surface area contributed by atoms with Gasteiger partial charge in [-0.1, -0.05) is 18.2 Å². The molecule has 0 fully saturated rings. The lowest BCUT2D eigenvalue weighted by molar-refractivity contribution is -0.113. The highest BCUT2D eigenvalue weighted by Crippen LogP contribution is 2.18. The van der Waals surface area contributed by atoms with Gasteiger partial charge in [0.1, 0.15) is 5.65 Å². The number of amides is 1. The number of rotatable bonds is 5. The summed E-state index contributed by atoms with van der Waals surface area (Å²) in [5.74, 6) is 0.763. The molecule has 26 heavy (non-hydrogen) atoms. The van der Waals surface area contributed by atoms with Crippen LogP contribution in [0.4, 0.5) is 5.69 Å². The molecule has 0 unspecified atom stereocenters. The summed E-state index contributed by atoms with van der Waals surface area (Å²) in [6.07, 6.45) is 1.78. The fraction of sp³-hybridized carbons (Fsp3) is 0.250. The number of carbonyl (C=O) groups is 1. The first kappa shape index (κ1) is 18.2. The lowest BCUT2D eigenvalue weighted by Gasteiger charge is -2.10. The third kappa shape index (κ3) is 4.14. The maximum absolute atomic E-state index is 12.2. The van der Waals surface area contributed by atoms with E-state index in [0.29, 0.717) is 22.8 Å². The minimum absolute atomic E-state index is 0.0585. The summed E-state index contributed by atoms with van der Waals surface area (Å²) < 4.78 is 1.54. The highest BCUT2D eigenvalue weighted by atomic mass is 32.2. The zero-order valence-electron chi connectivity index (χ0n) is 15.1. The van der Waals surface area contributed by atoms with Crippen LogP contribution < -0.4 is 10.9 Å². The zero-order chi connectivity index (χ0) is 18.7. The van der Waals surface area contributed by atoms with Crippen molar-refractivity contribution in [1.29, 1.82) is 0 Å². The van der Waals surface area contributed by atoms with Crippen LogP contribution in [-0.2, 0) is 10.5 Å². The largest absolute Gasteiger partial charge is 0.325 e. The van der Waals surface area contributed by atoms with Crippen molar-refractivity contribution in [3.05, 3.63) is 75.3 Å². The Balaban J connectivity index is 1.62. The average Bonchev–Trinajstić information content (AvgIpc) is 2.60. The monoisotopic (exact) mass is 367 g/mol. The molecule has 0 spiro atoms. The second-order valence-electron chi connectivity index (χ2n) is 6.31. The molecule has 3 rings (SSSR count). The van der Waals surface area contributed by atoms with Crippen molar-refractivity contribution in [3.8, 4) is 0 Å². The molecule has 2 heterocycles. The maximum atomic E-state index is 12.2. The van der Waals surface area contributed by atoms with Gasteiger partial charge in [-0.15, -0.1) is 11.8 Å². The molecule has 0 aliphatic rings. The fourth-order valence-corrected chi connectivity index (χ4v) is 3.37. The molecule has 0 radical (unpaired) electrons. The van der Waals surface area contributed by atoms with Crippen molar-refractivity contribution < 1.29 is 4.79 Å². The fourth-order valence-electron chi connectivity index (χ4n) is 2.65. The van der Waals surface area contributed by atoms with E-state index in [1.165, 1.54) is 22.2 Å². The smallest absolute Gasteiger partial charge is 0.258 e. The summed E-state index contributed by atoms with van der Waals surface area (Å²) in [5, 5.41) is 2.94. The second kappa shape index (κ2) is 7.74. The predicted octanol–water partition coefficient (Wildman–Crippen LogP) is 3.49. The zero-order valence-corrected chi connectivity index (χ0v) is 15.9. The summed E-state index contributed by atoms with van der Waals surface area (Å²) in [5.41, 5.74) is 5.27. The minimum Gasteiger partial charge on any atom is -0.325 e. The summed E-state index contributed by atoms with van der Waals surface area (Å²) in [7, 11) is 0. The molecule has 134 valence electrons. The van der Waals surface area contributed by atoms with Crippen molar-refractivity contribution in [1.82, 2.24) is 9.38 Å². The minimum atomic E-state index is -0.103. The quantitative estimate of drug-likeness (QED) is 0.750. The Morgan fingerprint density at radius 3 is 2.81 bits per heavy atom. The average molecular weight is 367 g/mol. The Morgan fingerprint density at radius 2 is 2.00 bits per heavy atom. The predicted molar refractivity (Wildman–Crippen MR) is 107 cm³/mol. The number of carbonyl (C=O) groups excluding carboxylic acids is 1. The van der Waals surface area contributed by atoms with Gasteiger partial charge in [0.15, 0.2) is 0 Å². The molecule has 1 N–H and O–H groups in total. The normalized spacial score (nSPS) is 10.9. The van der Waals surface area contributed by atoms with Crippen LogP contribution in [0.1, 0.15) is 22.4 Å². The number of nitrogens with one attached hydrogen (secondary N) is 1. The van der Waals surface area contributed by atoms with Crippen LogP contribution in [0, 0.1) is 20.8 Å². The third-order valence-corrected chi connectivity index (χ3v) is 5.19. The van der Waals surface area contributed by atoms with Gasteiger partial charge < -0.3 is 5.32 Å². The lowest BCUT2D eigenvalue weighted by atomic mass is 10.1. The number of thioether (sulfide) groups is 1. The first-order valence-corrected chi connectivity index (χ1v) is 9.52. The molecule has 5 nitrogen and oxygen atoms in total. The first-order valence-electron chi connectivity index (χ1n) is 8.37. The van der Waals surface area contributed by atoms with Crippen molar-refractivity contribution in [3.63, 3.8) is 0 Å². The maximum Gasteiger partial charge on any atom is 0.258 e. The SMILES string of the molecule is Cc1ccc2nc(CSCC(=O)Nc3cccc(C)c3C)cc(=O)n2c1. The van der Waals surface area contributed by atoms with Gasteiger partial charge in [-0.2, -0.15) is 0 Å². The Labute approximate surface area is 156 Å². The van der Waals surface area contributed by atoms with Gasteiger partial charge in [-0.25, -0.2) is 4.98 Å². The number of hydrogen-bond donors (Lipinski definition) is 1. The van der Waals surface area contributed by atoms with Gasteiger partial charge in [-0.3, -0.25) is 14.0 Å². The van der Waals surface area contributed by atoms with Crippen LogP contribution in [-0.4, -0.2) is 21.0 Å². The number of aromatic nitrogens is 2. The number of hydrogen-bond acceptors (Lipinski definition) is 4. The number of fused-ring (bicyclic) bond motifs is 1. The van der Waals surface area contributed by atoms with Crippen LogP contribution in [0.25, 0.3) is 5.65 Å². The Hall–Kier alpha value is -2.60. The molecular formula is C20H21N3O2S. The molecule has 0 bridgehead atoms. The van der Waals surface area contributed by atoms with Crippen molar-refractivity contribution in [2.75, 3.05) is 11.1 Å². The highest BCUT2D eigenvalue weighted by molar-refractivity contribution is 7.99. The third-order valence-electron chi connectivity index (χ3n) is 4.22. The van der Waals surface area contributed by atoms with E-state index < -0.39 is 0 Å². The number of nitrogens with zero attached hydrogens (tertiary/aromatic N) is 2. The molecule has 0 atom stereocenters. The van der Waals surface area contributed by atoms with Crippen molar-refractivity contribution in [2.24, 2.45) is 0 Å². The van der Waals surface area contributed by atoms with Gasteiger partial charge in [-0.05, 0) is 49.6 Å². The van der Waals surface area contributed by atoms with Gasteiger partial charge in [0.2, 0.25) is 5.91 Å². The molecule has 0 aliphatic heterocycles. The van der Waals surface area contributed by atoms with E-state index in [2.05, 4.69) is 10.3 Å². The van der Waals surface area contributed by atoms with Crippen molar-refractivity contribution in [2.45, 2.75) is 26.5 Å². The van der Waals surface area contributed by atoms with E-state index in [4.69, 9.17) is 0 Å². The van der Waals surface area contributed by atoms with Crippen LogP contribution in [0.3, 0.4) is 0 Å². The Kier molecular flexibility index (Phi) is 5.42. The molecule has 0 saturated heterocycles. The summed E-state index contributed by atoms with van der Waals surface area (Å²) in [6, 6.07) is 11.1. The number of anilines is 1. The van der Waals surface area contributed by atoms with Gasteiger partial charge in [0.05, 0.1) is 11.4 Å². The van der Waals surface area contributed by atoms with Crippen LogP contribution in [0.15, 0.2) is 47.4 Å². The standard InChI is InChI=1S/C20H21N3O2S/c1-13-7-8-18-21-16(9-20(25)23(18)10-13)11-26-12-19(24)22-17-6-4-5-14(2)15(17)3/h4-10H,11-12H2,1-3H3,(H,22,24). The highest BCUT2D eigenvalue weighted by Gasteiger charge is 2.08. The Morgan fingerprint density at radius 1 is 1.19 bits per heavy atom. The van der Waals surface area contributed by atoms with E-state index >= 15 is 0 Å².